The van der Waals surface area contributed by atoms with Crippen molar-refractivity contribution < 1.29 is 14.6 Å². The first-order valence-electron chi connectivity index (χ1n) is 13.1. The number of carbonyl (C=O) groups excluding carboxylic acids is 1. The van der Waals surface area contributed by atoms with Crippen molar-refractivity contribution in [3.05, 3.63) is 52.6 Å². The molecule has 2 aliphatic rings. The number of nitrogens with one attached hydrogen (secondary N) is 2. The molecule has 0 atom stereocenters. The van der Waals surface area contributed by atoms with Crippen LogP contribution in [0, 0.1) is 0 Å². The van der Waals surface area contributed by atoms with Gasteiger partial charge in [0.2, 0.25) is 0 Å². The molecule has 0 bridgehead atoms. The van der Waals surface area contributed by atoms with Crippen LogP contribution in [0.15, 0.2) is 41.5 Å². The molecule has 8 heteroatoms. The van der Waals surface area contributed by atoms with Crippen LogP contribution in [0.5, 0.6) is 5.75 Å². The number of hydrogen-bond donors (Lipinski definition) is 3. The number of aliphatic hydroxyl groups is 1. The van der Waals surface area contributed by atoms with Gasteiger partial charge in [-0.05, 0) is 44.9 Å². The number of carbonyl (C=O) groups is 1. The van der Waals surface area contributed by atoms with Gasteiger partial charge in [0.15, 0.2) is 0 Å². The van der Waals surface area contributed by atoms with Gasteiger partial charge in [0.05, 0.1) is 23.2 Å². The highest BCUT2D eigenvalue weighted by molar-refractivity contribution is 6.08. The number of fused-ring (bicyclic) bond motifs is 1. The lowest BCUT2D eigenvalue weighted by Crippen LogP contribution is -2.20. The fraction of sp³-hybridized carbons (Fsp3) is 0.536. The van der Waals surface area contributed by atoms with Gasteiger partial charge in [0.25, 0.3) is 11.5 Å². The molecule has 3 aromatic rings. The van der Waals surface area contributed by atoms with Crippen LogP contribution in [0.25, 0.3) is 10.9 Å². The number of rotatable bonds is 5. The van der Waals surface area contributed by atoms with Gasteiger partial charge in [0.1, 0.15) is 11.4 Å². The second kappa shape index (κ2) is 15.1. The summed E-state index contributed by atoms with van der Waals surface area (Å²) >= 11 is 0. The van der Waals surface area contributed by atoms with Gasteiger partial charge in [0, 0.05) is 31.0 Å². The first-order chi connectivity index (χ1) is 17.5. The average molecular weight is 499 g/mol. The minimum absolute atomic E-state index is 0.0976. The molecular weight excluding hydrogens is 456 g/mol. The van der Waals surface area contributed by atoms with Crippen LogP contribution in [-0.4, -0.2) is 39.0 Å². The number of aromatic amines is 1. The Hall–Kier alpha value is -3.13. The molecule has 36 heavy (non-hydrogen) atoms. The average Bonchev–Trinajstić information content (AvgIpc) is 3.73. The van der Waals surface area contributed by atoms with Crippen LogP contribution in [0.4, 0.5) is 5.69 Å². The summed E-state index contributed by atoms with van der Waals surface area (Å²) in [5, 5.41) is 15.3. The summed E-state index contributed by atoms with van der Waals surface area (Å²) in [6, 6.07) is 7.26. The molecule has 8 nitrogen and oxygen atoms in total. The molecule has 0 saturated heterocycles. The largest absolute Gasteiger partial charge is 0.490 e. The molecule has 1 aromatic carbocycles. The number of nitrogens with zero attached hydrogens (tertiary/aromatic N) is 2. The van der Waals surface area contributed by atoms with E-state index in [9.17, 15) is 9.59 Å². The zero-order valence-electron chi connectivity index (χ0n) is 22.3. The van der Waals surface area contributed by atoms with Crippen molar-refractivity contribution in [1.82, 2.24) is 14.8 Å². The SMILES string of the molecule is C1CC1.CC.CC(C)Oc1cc2nn(C3CCCCC3)cc2cc1C(=O)Nc1ccc[nH]c1=O.CO. The van der Waals surface area contributed by atoms with E-state index in [2.05, 4.69) is 10.3 Å². The minimum atomic E-state index is -0.385. The maximum Gasteiger partial charge on any atom is 0.271 e. The third-order valence-electron chi connectivity index (χ3n) is 5.60. The molecule has 1 amide bonds. The molecule has 2 saturated carbocycles. The number of H-pyrrole nitrogens is 1. The topological polar surface area (TPSA) is 109 Å². The first kappa shape index (κ1) is 29.1. The van der Waals surface area contributed by atoms with Crippen LogP contribution in [0.1, 0.15) is 95.5 Å². The number of hydrogen-bond acceptors (Lipinski definition) is 5. The van der Waals surface area contributed by atoms with Crippen molar-refractivity contribution in [2.45, 2.75) is 91.2 Å². The van der Waals surface area contributed by atoms with E-state index in [1.54, 1.807) is 18.2 Å². The molecular formula is C28H42N4O4. The minimum Gasteiger partial charge on any atom is -0.490 e. The van der Waals surface area contributed by atoms with E-state index in [0.29, 0.717) is 17.4 Å². The second-order valence-corrected chi connectivity index (χ2v) is 8.90. The van der Waals surface area contributed by atoms with Gasteiger partial charge in [-0.3, -0.25) is 14.3 Å². The fourth-order valence-electron chi connectivity index (χ4n) is 3.84. The summed E-state index contributed by atoms with van der Waals surface area (Å²) in [6.07, 6.45) is 13.9. The van der Waals surface area contributed by atoms with Gasteiger partial charge in [-0.2, -0.15) is 5.10 Å². The quantitative estimate of drug-likeness (QED) is 0.395. The number of aliphatic hydroxyl groups excluding tert-OH is 1. The Bertz CT molecular complexity index is 1130. The molecule has 0 unspecified atom stereocenters. The first-order valence-corrected chi connectivity index (χ1v) is 13.1. The Kier molecular flexibility index (Phi) is 12.2. The van der Waals surface area contributed by atoms with Crippen LogP contribution in [-0.2, 0) is 0 Å². The van der Waals surface area contributed by atoms with Crippen LogP contribution < -0.4 is 15.6 Å². The van der Waals surface area contributed by atoms with Crippen LogP contribution in [0.3, 0.4) is 0 Å². The predicted octanol–water partition coefficient (Wildman–Crippen LogP) is 6.07. The Morgan fingerprint density at radius 2 is 1.75 bits per heavy atom. The highest BCUT2D eigenvalue weighted by Gasteiger charge is 2.20. The number of ether oxygens (including phenoxy) is 1. The summed E-state index contributed by atoms with van der Waals surface area (Å²) in [6.45, 7) is 7.82. The van der Waals surface area contributed by atoms with Crippen molar-refractivity contribution >= 4 is 22.5 Å². The standard InChI is InChI=1S/C22H26N4O3.C3H6.C2H6.CH4O/c1-14(2)29-20-12-19-15(13-26(25-19)16-7-4-3-5-8-16)11-17(20)21(27)24-18-9-6-10-23-22(18)28;1-2-3-1;2*1-2/h6,9-14,16H,3-5,7-8H2,1-2H3,(H,23,28)(H,24,27);1-3H2;1-2H3;2H,1H3. The van der Waals surface area contributed by atoms with E-state index in [4.69, 9.17) is 14.9 Å². The maximum absolute atomic E-state index is 12.9. The molecule has 0 radical (unpaired) electrons. The Labute approximate surface area is 214 Å². The third-order valence-corrected chi connectivity index (χ3v) is 5.60. The lowest BCUT2D eigenvalue weighted by molar-refractivity contribution is 0.102. The number of pyridine rings is 1. The normalized spacial score (nSPS) is 14.4. The number of aromatic nitrogens is 3. The lowest BCUT2D eigenvalue weighted by Gasteiger charge is -2.21. The second-order valence-electron chi connectivity index (χ2n) is 8.90. The van der Waals surface area contributed by atoms with Crippen LogP contribution >= 0.6 is 0 Å². The molecule has 2 heterocycles. The van der Waals surface area contributed by atoms with E-state index in [0.717, 1.165) is 30.9 Å². The van der Waals surface area contributed by atoms with Gasteiger partial charge < -0.3 is 20.1 Å². The van der Waals surface area contributed by atoms with Gasteiger partial charge >= 0.3 is 0 Å². The lowest BCUT2D eigenvalue weighted by atomic mass is 9.96. The summed E-state index contributed by atoms with van der Waals surface area (Å²) in [5.41, 5.74) is 1.04. The summed E-state index contributed by atoms with van der Waals surface area (Å²) < 4.78 is 7.94. The van der Waals surface area contributed by atoms with Crippen molar-refractivity contribution in [2.75, 3.05) is 12.4 Å². The van der Waals surface area contributed by atoms with Crippen LogP contribution in [0.2, 0.25) is 0 Å². The van der Waals surface area contributed by atoms with Gasteiger partial charge in [-0.15, -0.1) is 0 Å². The molecule has 198 valence electrons. The molecule has 2 aliphatic carbocycles. The smallest absolute Gasteiger partial charge is 0.271 e. The third kappa shape index (κ3) is 8.52. The predicted molar refractivity (Wildman–Crippen MR) is 146 cm³/mol. The number of anilines is 1. The zero-order valence-corrected chi connectivity index (χ0v) is 22.3. The van der Waals surface area contributed by atoms with E-state index < -0.39 is 0 Å². The van der Waals surface area contributed by atoms with E-state index in [-0.39, 0.29) is 23.3 Å². The van der Waals surface area contributed by atoms with E-state index in [1.165, 1.54) is 44.7 Å². The molecule has 2 fully saturated rings. The monoisotopic (exact) mass is 498 g/mol. The molecule has 5 rings (SSSR count). The molecule has 3 N–H and O–H groups in total. The molecule has 2 aromatic heterocycles. The van der Waals surface area contributed by atoms with Gasteiger partial charge in [-0.1, -0.05) is 52.4 Å². The zero-order chi connectivity index (χ0) is 26.5. The number of amides is 1. The Balaban J connectivity index is 0.000000582. The highest BCUT2D eigenvalue weighted by atomic mass is 16.5. The number of benzene rings is 1. The molecule has 0 spiro atoms. The highest BCUT2D eigenvalue weighted by Crippen LogP contribution is 2.31. The summed E-state index contributed by atoms with van der Waals surface area (Å²) in [4.78, 5) is 27.4. The summed E-state index contributed by atoms with van der Waals surface area (Å²) in [7, 11) is 1.00. The Morgan fingerprint density at radius 1 is 1.11 bits per heavy atom. The molecule has 0 aliphatic heterocycles. The van der Waals surface area contributed by atoms with Crippen molar-refractivity contribution in [3.63, 3.8) is 0 Å². The van der Waals surface area contributed by atoms with E-state index >= 15 is 0 Å². The van der Waals surface area contributed by atoms with Gasteiger partial charge in [-0.25, -0.2) is 0 Å². The fourth-order valence-corrected chi connectivity index (χ4v) is 3.84. The Morgan fingerprint density at radius 3 is 2.33 bits per heavy atom. The van der Waals surface area contributed by atoms with Crippen molar-refractivity contribution in [1.29, 1.82) is 0 Å². The van der Waals surface area contributed by atoms with E-state index in [1.807, 2.05) is 44.6 Å². The maximum atomic E-state index is 12.9. The summed E-state index contributed by atoms with van der Waals surface area (Å²) in [5.74, 6) is 0.0796. The van der Waals surface area contributed by atoms with Crippen molar-refractivity contribution in [3.8, 4) is 5.75 Å². The van der Waals surface area contributed by atoms with Crippen molar-refractivity contribution in [2.24, 2.45) is 0 Å².